The Labute approximate surface area is 138 Å². The van der Waals surface area contributed by atoms with E-state index < -0.39 is 11.0 Å². The molecule has 1 saturated heterocycles. The van der Waals surface area contributed by atoms with E-state index in [1.165, 1.54) is 0 Å². The largest absolute Gasteiger partial charge is 0.382 e. The first-order valence-corrected chi connectivity index (χ1v) is 8.02. The van der Waals surface area contributed by atoms with Gasteiger partial charge in [-0.15, -0.1) is 0 Å². The molecule has 1 fully saturated rings. The highest BCUT2D eigenvalue weighted by Crippen LogP contribution is 2.35. The molecule has 0 radical (unpaired) electrons. The number of benzene rings is 1. The van der Waals surface area contributed by atoms with E-state index in [2.05, 4.69) is 5.32 Å². The summed E-state index contributed by atoms with van der Waals surface area (Å²) in [4.78, 5) is 13.0. The number of amides is 1. The van der Waals surface area contributed by atoms with Gasteiger partial charge in [0.1, 0.15) is 5.60 Å². The van der Waals surface area contributed by atoms with Crippen molar-refractivity contribution in [3.05, 3.63) is 35.9 Å². The van der Waals surface area contributed by atoms with E-state index in [4.69, 9.17) is 14.2 Å². The minimum absolute atomic E-state index is 0.0337. The molecule has 1 aliphatic heterocycles. The summed E-state index contributed by atoms with van der Waals surface area (Å²) >= 11 is 0. The first kappa shape index (κ1) is 17.9. The van der Waals surface area contributed by atoms with Crippen LogP contribution in [0.5, 0.6) is 0 Å². The lowest BCUT2D eigenvalue weighted by molar-refractivity contribution is -0.132. The topological polar surface area (TPSA) is 56.8 Å². The van der Waals surface area contributed by atoms with Gasteiger partial charge >= 0.3 is 0 Å². The Morgan fingerprint density at radius 3 is 2.48 bits per heavy atom. The number of hydrogen-bond acceptors (Lipinski definition) is 4. The summed E-state index contributed by atoms with van der Waals surface area (Å²) in [6.45, 7) is 3.96. The summed E-state index contributed by atoms with van der Waals surface area (Å²) in [7, 11) is 3.26. The summed E-state index contributed by atoms with van der Waals surface area (Å²) in [5, 5.41) is 3.07. The molecule has 1 N–H and O–H groups in total. The zero-order valence-corrected chi connectivity index (χ0v) is 14.3. The Morgan fingerprint density at radius 2 is 1.91 bits per heavy atom. The zero-order chi connectivity index (χ0) is 16.8. The fraction of sp³-hybridized carbons (Fsp3) is 0.611. The molecule has 1 atom stereocenters. The van der Waals surface area contributed by atoms with Gasteiger partial charge in [0, 0.05) is 34.0 Å². The van der Waals surface area contributed by atoms with E-state index in [0.717, 1.165) is 5.56 Å². The summed E-state index contributed by atoms with van der Waals surface area (Å²) in [6, 6.07) is 9.97. The fourth-order valence-electron chi connectivity index (χ4n) is 3.05. The van der Waals surface area contributed by atoms with E-state index in [-0.39, 0.29) is 5.91 Å². The molecular weight excluding hydrogens is 294 g/mol. The second kappa shape index (κ2) is 7.90. The molecule has 1 heterocycles. The predicted octanol–water partition coefficient (Wildman–Crippen LogP) is 1.90. The molecule has 0 saturated carbocycles. The first-order chi connectivity index (χ1) is 11.1. The molecule has 23 heavy (non-hydrogen) atoms. The van der Waals surface area contributed by atoms with Gasteiger partial charge in [-0.25, -0.2) is 0 Å². The van der Waals surface area contributed by atoms with Crippen molar-refractivity contribution in [2.24, 2.45) is 0 Å². The summed E-state index contributed by atoms with van der Waals surface area (Å²) in [5.74, 6) is 0.0337. The highest BCUT2D eigenvalue weighted by molar-refractivity contribution is 5.88. The molecule has 2 rings (SSSR count). The van der Waals surface area contributed by atoms with Gasteiger partial charge in [0.05, 0.1) is 12.0 Å². The summed E-state index contributed by atoms with van der Waals surface area (Å²) in [6.07, 6.45) is 1.38. The van der Waals surface area contributed by atoms with Gasteiger partial charge in [0.2, 0.25) is 5.91 Å². The van der Waals surface area contributed by atoms with Gasteiger partial charge in [-0.1, -0.05) is 30.3 Å². The van der Waals surface area contributed by atoms with Crippen LogP contribution in [0, 0.1) is 0 Å². The van der Waals surface area contributed by atoms with Gasteiger partial charge in [0.15, 0.2) is 0 Å². The van der Waals surface area contributed by atoms with E-state index in [1.807, 2.05) is 37.3 Å². The van der Waals surface area contributed by atoms with Crippen molar-refractivity contribution in [1.29, 1.82) is 0 Å². The number of nitrogens with one attached hydrogen (secondary N) is 1. The molecular formula is C18H27NO4. The average Bonchev–Trinajstić information content (AvgIpc) is 2.61. The average molecular weight is 321 g/mol. The van der Waals surface area contributed by atoms with Gasteiger partial charge < -0.3 is 19.5 Å². The second-order valence-corrected chi connectivity index (χ2v) is 6.33. The molecule has 0 spiro atoms. The maximum absolute atomic E-state index is 13.0. The van der Waals surface area contributed by atoms with Gasteiger partial charge in [-0.05, 0) is 25.3 Å². The van der Waals surface area contributed by atoms with Gasteiger partial charge in [-0.3, -0.25) is 4.79 Å². The Bertz CT molecular complexity index is 499. The van der Waals surface area contributed by atoms with Crippen LogP contribution >= 0.6 is 0 Å². The standard InChI is InChI=1S/C18H27NO4/c1-17(22-3,14-21-2)13-19-16(20)18(9-11-23-12-10-18)15-7-5-4-6-8-15/h4-8H,9-14H2,1-3H3,(H,19,20). The number of carbonyl (C=O) groups excluding carboxylic acids is 1. The molecule has 0 aliphatic carbocycles. The van der Waals surface area contributed by atoms with E-state index in [9.17, 15) is 4.79 Å². The monoisotopic (exact) mass is 321 g/mol. The van der Waals surface area contributed by atoms with Crippen molar-refractivity contribution in [2.75, 3.05) is 40.6 Å². The third-order valence-corrected chi connectivity index (χ3v) is 4.67. The second-order valence-electron chi connectivity index (χ2n) is 6.33. The summed E-state index contributed by atoms with van der Waals surface area (Å²) < 4.78 is 16.2. The highest BCUT2D eigenvalue weighted by atomic mass is 16.5. The van der Waals surface area contributed by atoms with E-state index >= 15 is 0 Å². The van der Waals surface area contributed by atoms with Crippen molar-refractivity contribution < 1.29 is 19.0 Å². The van der Waals surface area contributed by atoms with E-state index in [1.54, 1.807) is 14.2 Å². The molecule has 5 heteroatoms. The molecule has 1 aromatic rings. The molecule has 1 unspecified atom stereocenters. The first-order valence-electron chi connectivity index (χ1n) is 8.02. The molecule has 0 bridgehead atoms. The van der Waals surface area contributed by atoms with Crippen molar-refractivity contribution in [3.8, 4) is 0 Å². The lowest BCUT2D eigenvalue weighted by Crippen LogP contribution is -2.53. The molecule has 1 aromatic carbocycles. The fourth-order valence-corrected chi connectivity index (χ4v) is 3.05. The van der Waals surface area contributed by atoms with Crippen LogP contribution < -0.4 is 5.32 Å². The van der Waals surface area contributed by atoms with Crippen LogP contribution in [0.25, 0.3) is 0 Å². The minimum atomic E-state index is -0.534. The number of rotatable bonds is 7. The number of ether oxygens (including phenoxy) is 3. The highest BCUT2D eigenvalue weighted by Gasteiger charge is 2.42. The lowest BCUT2D eigenvalue weighted by atomic mass is 9.73. The predicted molar refractivity (Wildman–Crippen MR) is 88.5 cm³/mol. The lowest BCUT2D eigenvalue weighted by Gasteiger charge is -2.37. The number of methoxy groups -OCH3 is 2. The van der Waals surface area contributed by atoms with Crippen LogP contribution in [0.15, 0.2) is 30.3 Å². The van der Waals surface area contributed by atoms with Crippen molar-refractivity contribution >= 4 is 5.91 Å². The Kier molecular flexibility index (Phi) is 6.16. The maximum atomic E-state index is 13.0. The molecule has 1 aliphatic rings. The molecule has 1 amide bonds. The van der Waals surface area contributed by atoms with Crippen LogP contribution in [-0.4, -0.2) is 52.1 Å². The number of carbonyl (C=O) groups is 1. The third kappa shape index (κ3) is 4.10. The normalized spacial score (nSPS) is 19.8. The van der Waals surface area contributed by atoms with Crippen LogP contribution in [-0.2, 0) is 24.4 Å². The van der Waals surface area contributed by atoms with Crippen LogP contribution in [0.2, 0.25) is 0 Å². The third-order valence-electron chi connectivity index (χ3n) is 4.67. The molecule has 128 valence electrons. The van der Waals surface area contributed by atoms with Crippen molar-refractivity contribution in [2.45, 2.75) is 30.8 Å². The minimum Gasteiger partial charge on any atom is -0.382 e. The van der Waals surface area contributed by atoms with Crippen LogP contribution in [0.4, 0.5) is 0 Å². The van der Waals surface area contributed by atoms with Crippen LogP contribution in [0.1, 0.15) is 25.3 Å². The zero-order valence-electron chi connectivity index (χ0n) is 14.3. The Morgan fingerprint density at radius 1 is 1.26 bits per heavy atom. The van der Waals surface area contributed by atoms with Crippen LogP contribution in [0.3, 0.4) is 0 Å². The summed E-state index contributed by atoms with van der Waals surface area (Å²) in [5.41, 5.74) is -0.0130. The number of hydrogen-bond donors (Lipinski definition) is 1. The smallest absolute Gasteiger partial charge is 0.230 e. The maximum Gasteiger partial charge on any atom is 0.230 e. The van der Waals surface area contributed by atoms with Gasteiger partial charge in [-0.2, -0.15) is 0 Å². The Hall–Kier alpha value is -1.43. The molecule has 5 nitrogen and oxygen atoms in total. The quantitative estimate of drug-likeness (QED) is 0.833. The SMILES string of the molecule is COCC(C)(CNC(=O)C1(c2ccccc2)CCOCC1)OC. The van der Waals surface area contributed by atoms with E-state index in [0.29, 0.717) is 39.2 Å². The molecule has 0 aromatic heterocycles. The van der Waals surface area contributed by atoms with Crippen molar-refractivity contribution in [1.82, 2.24) is 5.32 Å². The van der Waals surface area contributed by atoms with Gasteiger partial charge in [0.25, 0.3) is 0 Å². The Balaban J connectivity index is 2.15. The van der Waals surface area contributed by atoms with Crippen molar-refractivity contribution in [3.63, 3.8) is 0 Å².